The number of halogens is 1. The molecule has 0 fully saturated rings. The van der Waals surface area contributed by atoms with Crippen LogP contribution in [0.4, 0.5) is 4.39 Å². The van der Waals surface area contributed by atoms with Crippen LogP contribution in [-0.2, 0) is 17.8 Å². The number of pyridine rings is 1. The molecule has 2 aromatic rings. The van der Waals surface area contributed by atoms with Crippen LogP contribution in [0.25, 0.3) is 0 Å². The Morgan fingerprint density at radius 3 is 2.92 bits per heavy atom. The highest BCUT2D eigenvalue weighted by Gasteiger charge is 2.13. The topological polar surface area (TPSA) is 34.6 Å². The molecule has 1 aromatic heterocycles. The van der Waals surface area contributed by atoms with E-state index < -0.39 is 0 Å². The van der Waals surface area contributed by atoms with E-state index in [1.165, 1.54) is 6.07 Å². The Hall–Kier alpha value is -1.98. The first kappa shape index (κ1) is 16.9. The van der Waals surface area contributed by atoms with Crippen molar-refractivity contribution in [3.8, 4) is 5.75 Å². The zero-order valence-corrected chi connectivity index (χ0v) is 13.8. The van der Waals surface area contributed by atoms with Gasteiger partial charge in [-0.1, -0.05) is 6.07 Å². The van der Waals surface area contributed by atoms with Gasteiger partial charge < -0.3 is 9.47 Å². The second-order valence-electron chi connectivity index (χ2n) is 5.99. The van der Waals surface area contributed by atoms with E-state index >= 15 is 0 Å². The molecular weight excluding hydrogens is 307 g/mol. The molecule has 128 valence electrons. The van der Waals surface area contributed by atoms with Gasteiger partial charge in [0.15, 0.2) is 0 Å². The van der Waals surface area contributed by atoms with Crippen LogP contribution < -0.4 is 4.74 Å². The predicted octanol–water partition coefficient (Wildman–Crippen LogP) is 3.41. The molecule has 0 atom stereocenters. The number of rotatable bonds is 2. The summed E-state index contributed by atoms with van der Waals surface area (Å²) in [6, 6.07) is 8.73. The van der Waals surface area contributed by atoms with Crippen LogP contribution in [0, 0.1) is 5.82 Å². The summed E-state index contributed by atoms with van der Waals surface area (Å²) in [5.41, 5.74) is 2.00. The molecule has 0 saturated carbocycles. The van der Waals surface area contributed by atoms with Crippen molar-refractivity contribution in [1.82, 2.24) is 9.88 Å². The molecular formula is C19H23FN2O2. The van der Waals surface area contributed by atoms with Crippen molar-refractivity contribution in [1.29, 1.82) is 0 Å². The third-order valence-corrected chi connectivity index (χ3v) is 4.04. The number of benzene rings is 1. The van der Waals surface area contributed by atoms with Crippen LogP contribution in [-0.4, -0.2) is 36.2 Å². The monoisotopic (exact) mass is 330 g/mol. The Morgan fingerprint density at radius 2 is 2.04 bits per heavy atom. The minimum atomic E-state index is -0.234. The summed E-state index contributed by atoms with van der Waals surface area (Å²) >= 11 is 0. The molecule has 3 rings (SSSR count). The number of fused-ring (bicyclic) bond motifs is 1. The number of nitrogens with zero attached hydrogens (tertiary/aromatic N) is 2. The van der Waals surface area contributed by atoms with Crippen LogP contribution in [0.2, 0.25) is 0 Å². The van der Waals surface area contributed by atoms with Crippen molar-refractivity contribution < 1.29 is 13.9 Å². The Labute approximate surface area is 142 Å². The van der Waals surface area contributed by atoms with Crippen molar-refractivity contribution >= 4 is 0 Å². The van der Waals surface area contributed by atoms with Crippen molar-refractivity contribution in [3.05, 3.63) is 59.7 Å². The van der Waals surface area contributed by atoms with Gasteiger partial charge >= 0.3 is 0 Å². The van der Waals surface area contributed by atoms with Gasteiger partial charge in [-0.05, 0) is 42.7 Å². The molecule has 0 spiro atoms. The maximum absolute atomic E-state index is 13.7. The summed E-state index contributed by atoms with van der Waals surface area (Å²) in [7, 11) is 0. The Balaban J connectivity index is 1.79. The first-order valence-corrected chi connectivity index (χ1v) is 8.41. The van der Waals surface area contributed by atoms with Crippen LogP contribution in [0.1, 0.15) is 24.0 Å². The molecule has 0 saturated heterocycles. The van der Waals surface area contributed by atoms with Crippen molar-refractivity contribution in [3.63, 3.8) is 0 Å². The van der Waals surface area contributed by atoms with Gasteiger partial charge in [0, 0.05) is 44.2 Å². The second-order valence-corrected chi connectivity index (χ2v) is 5.99. The number of hydrogen-bond acceptors (Lipinski definition) is 4. The molecule has 0 aliphatic carbocycles. The number of hydrogen-bond donors (Lipinski definition) is 0. The summed E-state index contributed by atoms with van der Waals surface area (Å²) in [6.07, 6.45) is 5.54. The normalized spacial score (nSPS) is 17.2. The molecule has 1 aliphatic heterocycles. The maximum atomic E-state index is 13.7. The molecule has 0 bridgehead atoms. The van der Waals surface area contributed by atoms with Gasteiger partial charge in [-0.25, -0.2) is 4.39 Å². The summed E-state index contributed by atoms with van der Waals surface area (Å²) in [4.78, 5) is 6.41. The highest BCUT2D eigenvalue weighted by atomic mass is 19.1. The minimum absolute atomic E-state index is 0.234. The van der Waals surface area contributed by atoms with Gasteiger partial charge in [0.2, 0.25) is 0 Å². The largest absolute Gasteiger partial charge is 0.493 e. The molecule has 0 N–H and O–H groups in total. The lowest BCUT2D eigenvalue weighted by Gasteiger charge is -2.24. The molecule has 2 heterocycles. The molecule has 0 radical (unpaired) electrons. The zero-order chi connectivity index (χ0) is 16.6. The fraction of sp³-hybridized carbons (Fsp3) is 0.421. The fourth-order valence-corrected chi connectivity index (χ4v) is 2.80. The van der Waals surface area contributed by atoms with E-state index in [0.717, 1.165) is 49.4 Å². The lowest BCUT2D eigenvalue weighted by molar-refractivity contribution is 0.0908. The summed E-state index contributed by atoms with van der Waals surface area (Å²) < 4.78 is 25.3. The van der Waals surface area contributed by atoms with Crippen LogP contribution in [0.3, 0.4) is 0 Å². The highest BCUT2D eigenvalue weighted by Crippen LogP contribution is 2.23. The lowest BCUT2D eigenvalue weighted by atomic mass is 10.1. The van der Waals surface area contributed by atoms with E-state index in [9.17, 15) is 4.39 Å². The third kappa shape index (κ3) is 5.01. The lowest BCUT2D eigenvalue weighted by Crippen LogP contribution is -2.28. The summed E-state index contributed by atoms with van der Waals surface area (Å²) in [5, 5.41) is 0. The second kappa shape index (κ2) is 8.76. The molecule has 0 amide bonds. The Kier molecular flexibility index (Phi) is 6.15. The SMILES string of the molecule is Fc1ccc2c(c1)CN(Cc1cccnc1)CCOCCCCO2. The van der Waals surface area contributed by atoms with E-state index in [0.29, 0.717) is 19.8 Å². The van der Waals surface area contributed by atoms with Crippen molar-refractivity contribution in [2.24, 2.45) is 0 Å². The van der Waals surface area contributed by atoms with Gasteiger partial charge in [0.05, 0.1) is 13.2 Å². The van der Waals surface area contributed by atoms with E-state index in [1.54, 1.807) is 18.3 Å². The first-order chi connectivity index (χ1) is 11.8. The van der Waals surface area contributed by atoms with Crippen molar-refractivity contribution in [2.75, 3.05) is 26.4 Å². The van der Waals surface area contributed by atoms with Crippen LogP contribution >= 0.6 is 0 Å². The Bertz CT molecular complexity index is 637. The number of ether oxygens (including phenoxy) is 2. The standard InChI is InChI=1S/C19H23FN2O2/c20-18-5-6-19-17(12-18)15-22(14-16-4-3-7-21-13-16)8-11-23-9-1-2-10-24-19/h3-7,12-13H,1-2,8-11,14-15H2. The average molecular weight is 330 g/mol. The van der Waals surface area contributed by atoms with Crippen LogP contribution in [0.15, 0.2) is 42.7 Å². The quantitative estimate of drug-likeness (QED) is 0.845. The summed E-state index contributed by atoms with van der Waals surface area (Å²) in [6.45, 7) is 4.19. The Morgan fingerprint density at radius 1 is 1.12 bits per heavy atom. The summed E-state index contributed by atoms with van der Waals surface area (Å²) in [5.74, 6) is 0.538. The van der Waals surface area contributed by atoms with Crippen LogP contribution in [0.5, 0.6) is 5.75 Å². The van der Waals surface area contributed by atoms with Gasteiger partial charge in [0.25, 0.3) is 0 Å². The maximum Gasteiger partial charge on any atom is 0.123 e. The average Bonchev–Trinajstić information content (AvgIpc) is 2.58. The molecule has 24 heavy (non-hydrogen) atoms. The molecule has 4 nitrogen and oxygen atoms in total. The highest BCUT2D eigenvalue weighted by molar-refractivity contribution is 5.34. The fourth-order valence-electron chi connectivity index (χ4n) is 2.80. The minimum Gasteiger partial charge on any atom is -0.493 e. The molecule has 1 aliphatic rings. The van der Waals surface area contributed by atoms with Gasteiger partial charge in [-0.15, -0.1) is 0 Å². The third-order valence-electron chi connectivity index (χ3n) is 4.04. The first-order valence-electron chi connectivity index (χ1n) is 8.41. The molecule has 1 aromatic carbocycles. The molecule has 5 heteroatoms. The van der Waals surface area contributed by atoms with Gasteiger partial charge in [0.1, 0.15) is 11.6 Å². The van der Waals surface area contributed by atoms with Gasteiger partial charge in [-0.3, -0.25) is 9.88 Å². The van der Waals surface area contributed by atoms with E-state index in [4.69, 9.17) is 9.47 Å². The smallest absolute Gasteiger partial charge is 0.123 e. The van der Waals surface area contributed by atoms with Gasteiger partial charge in [-0.2, -0.15) is 0 Å². The van der Waals surface area contributed by atoms with Crippen molar-refractivity contribution in [2.45, 2.75) is 25.9 Å². The van der Waals surface area contributed by atoms with E-state index in [1.807, 2.05) is 18.3 Å². The predicted molar refractivity (Wildman–Crippen MR) is 90.3 cm³/mol. The number of aromatic nitrogens is 1. The zero-order valence-electron chi connectivity index (χ0n) is 13.8. The molecule has 0 unspecified atom stereocenters. The van der Waals surface area contributed by atoms with E-state index in [2.05, 4.69) is 9.88 Å². The van der Waals surface area contributed by atoms with E-state index in [-0.39, 0.29) is 5.82 Å².